The molecule has 3 rings (SSSR count). The molecule has 23 heavy (non-hydrogen) atoms. The van der Waals surface area contributed by atoms with Gasteiger partial charge in [-0.2, -0.15) is 0 Å². The summed E-state index contributed by atoms with van der Waals surface area (Å²) in [5.74, 6) is 1.13. The molecule has 0 unspecified atom stereocenters. The first-order valence-electron chi connectivity index (χ1n) is 7.92. The lowest BCUT2D eigenvalue weighted by Crippen LogP contribution is -2.23. The molecule has 1 aliphatic heterocycles. The molecule has 2 aromatic heterocycles. The van der Waals surface area contributed by atoms with Crippen molar-refractivity contribution >= 4 is 5.91 Å². The average Bonchev–Trinajstić information content (AvgIpc) is 3.10. The number of nitrogens with one attached hydrogen (secondary N) is 1. The smallest absolute Gasteiger partial charge is 0.273 e. The van der Waals surface area contributed by atoms with E-state index in [9.17, 15) is 4.79 Å². The molecule has 0 spiro atoms. The van der Waals surface area contributed by atoms with Crippen LogP contribution in [-0.4, -0.2) is 27.6 Å². The van der Waals surface area contributed by atoms with Crippen molar-refractivity contribution in [3.8, 4) is 0 Å². The molecule has 0 radical (unpaired) electrons. The molecule has 122 valence electrons. The van der Waals surface area contributed by atoms with Gasteiger partial charge in [0.2, 0.25) is 0 Å². The van der Waals surface area contributed by atoms with Crippen LogP contribution >= 0.6 is 0 Å². The summed E-state index contributed by atoms with van der Waals surface area (Å²) in [7, 11) is 0. The van der Waals surface area contributed by atoms with Gasteiger partial charge in [0.15, 0.2) is 11.5 Å². The van der Waals surface area contributed by atoms with E-state index >= 15 is 0 Å². The molecule has 0 bridgehead atoms. The third-order valence-corrected chi connectivity index (χ3v) is 3.79. The Morgan fingerprint density at radius 1 is 1.35 bits per heavy atom. The van der Waals surface area contributed by atoms with Crippen molar-refractivity contribution < 1.29 is 14.1 Å². The van der Waals surface area contributed by atoms with Gasteiger partial charge in [-0.1, -0.05) is 12.1 Å². The molecule has 2 aromatic rings. The fourth-order valence-corrected chi connectivity index (χ4v) is 2.43. The standard InChI is InChI=1S/C16H20N4O3/c1-2-12-7-13(20-23-12)16(21)19-10-11-8-17-15(18-9-11)14-5-3-4-6-22-14/h7-9,14H,2-6,10H2,1H3,(H,19,21)/t14-/m1/s1. The number of aryl methyl sites for hydroxylation is 1. The van der Waals surface area contributed by atoms with Gasteiger partial charge in [-0.25, -0.2) is 9.97 Å². The summed E-state index contributed by atoms with van der Waals surface area (Å²) >= 11 is 0. The van der Waals surface area contributed by atoms with Crippen LogP contribution < -0.4 is 5.32 Å². The Kier molecular flexibility index (Phi) is 4.97. The Morgan fingerprint density at radius 3 is 2.83 bits per heavy atom. The minimum Gasteiger partial charge on any atom is -0.370 e. The van der Waals surface area contributed by atoms with E-state index in [0.717, 1.165) is 31.4 Å². The third kappa shape index (κ3) is 3.92. The summed E-state index contributed by atoms with van der Waals surface area (Å²) in [6.07, 6.45) is 7.35. The lowest BCUT2D eigenvalue weighted by molar-refractivity contribution is 0.00940. The van der Waals surface area contributed by atoms with Crippen LogP contribution in [0.5, 0.6) is 0 Å². The van der Waals surface area contributed by atoms with Gasteiger partial charge < -0.3 is 14.6 Å². The number of carbonyl (C=O) groups excluding carboxylic acids is 1. The first-order chi connectivity index (χ1) is 11.3. The molecule has 1 saturated heterocycles. The number of amides is 1. The van der Waals surface area contributed by atoms with Crippen molar-refractivity contribution in [2.45, 2.75) is 45.3 Å². The van der Waals surface area contributed by atoms with Gasteiger partial charge in [0.1, 0.15) is 11.9 Å². The van der Waals surface area contributed by atoms with E-state index in [1.807, 2.05) is 6.92 Å². The van der Waals surface area contributed by atoms with Crippen LogP contribution in [0.25, 0.3) is 0 Å². The van der Waals surface area contributed by atoms with Crippen LogP contribution in [0.1, 0.15) is 59.9 Å². The van der Waals surface area contributed by atoms with Gasteiger partial charge in [0.05, 0.1) is 0 Å². The van der Waals surface area contributed by atoms with E-state index in [4.69, 9.17) is 9.26 Å². The molecule has 7 heteroatoms. The number of carbonyl (C=O) groups is 1. The van der Waals surface area contributed by atoms with Crippen molar-refractivity contribution in [2.24, 2.45) is 0 Å². The zero-order chi connectivity index (χ0) is 16.1. The number of rotatable bonds is 5. The summed E-state index contributed by atoms with van der Waals surface area (Å²) in [5, 5.41) is 6.52. The van der Waals surface area contributed by atoms with Crippen LogP contribution in [0.3, 0.4) is 0 Å². The number of hydrogen-bond acceptors (Lipinski definition) is 6. The molecular weight excluding hydrogens is 296 g/mol. The highest BCUT2D eigenvalue weighted by molar-refractivity contribution is 5.92. The molecule has 1 fully saturated rings. The second-order valence-electron chi connectivity index (χ2n) is 5.52. The molecule has 0 saturated carbocycles. The van der Waals surface area contributed by atoms with Gasteiger partial charge in [0, 0.05) is 43.6 Å². The number of aromatic nitrogens is 3. The Hall–Kier alpha value is -2.28. The molecule has 1 N–H and O–H groups in total. The Labute approximate surface area is 134 Å². The fourth-order valence-electron chi connectivity index (χ4n) is 2.43. The highest BCUT2D eigenvalue weighted by Crippen LogP contribution is 2.24. The molecule has 1 amide bonds. The maximum absolute atomic E-state index is 12.0. The fraction of sp³-hybridized carbons (Fsp3) is 0.500. The predicted octanol–water partition coefficient (Wildman–Crippen LogP) is 2.20. The second kappa shape index (κ2) is 7.32. The van der Waals surface area contributed by atoms with Gasteiger partial charge in [-0.15, -0.1) is 0 Å². The Morgan fingerprint density at radius 2 is 2.17 bits per heavy atom. The monoisotopic (exact) mass is 316 g/mol. The zero-order valence-electron chi connectivity index (χ0n) is 13.1. The number of nitrogens with zero attached hydrogens (tertiary/aromatic N) is 3. The molecule has 1 atom stereocenters. The Balaban J connectivity index is 1.54. The molecule has 0 aliphatic carbocycles. The Bertz CT molecular complexity index is 648. The zero-order valence-corrected chi connectivity index (χ0v) is 13.1. The lowest BCUT2D eigenvalue weighted by atomic mass is 10.1. The average molecular weight is 316 g/mol. The van der Waals surface area contributed by atoms with Gasteiger partial charge in [-0.05, 0) is 19.3 Å². The largest absolute Gasteiger partial charge is 0.370 e. The van der Waals surface area contributed by atoms with Crippen molar-refractivity contribution in [1.82, 2.24) is 20.4 Å². The first kappa shape index (κ1) is 15.6. The van der Waals surface area contributed by atoms with Crippen LogP contribution in [0, 0.1) is 0 Å². The molecular formula is C16H20N4O3. The highest BCUT2D eigenvalue weighted by Gasteiger charge is 2.18. The minimum absolute atomic E-state index is 0.00464. The third-order valence-electron chi connectivity index (χ3n) is 3.79. The summed E-state index contributed by atoms with van der Waals surface area (Å²) in [6.45, 7) is 3.05. The maximum Gasteiger partial charge on any atom is 0.273 e. The summed E-state index contributed by atoms with van der Waals surface area (Å²) in [6, 6.07) is 1.65. The molecule has 3 heterocycles. The van der Waals surface area contributed by atoms with Crippen molar-refractivity contribution in [2.75, 3.05) is 6.61 Å². The summed E-state index contributed by atoms with van der Waals surface area (Å²) in [5.41, 5.74) is 1.12. The number of ether oxygens (including phenoxy) is 1. The van der Waals surface area contributed by atoms with E-state index in [1.165, 1.54) is 0 Å². The van der Waals surface area contributed by atoms with Crippen molar-refractivity contribution in [3.63, 3.8) is 0 Å². The number of hydrogen-bond donors (Lipinski definition) is 1. The van der Waals surface area contributed by atoms with Crippen molar-refractivity contribution in [1.29, 1.82) is 0 Å². The van der Waals surface area contributed by atoms with Gasteiger partial charge >= 0.3 is 0 Å². The van der Waals surface area contributed by atoms with Gasteiger partial charge in [-0.3, -0.25) is 4.79 Å². The molecule has 7 nitrogen and oxygen atoms in total. The topological polar surface area (TPSA) is 90.1 Å². The maximum atomic E-state index is 12.0. The van der Waals surface area contributed by atoms with Crippen molar-refractivity contribution in [3.05, 3.63) is 41.3 Å². The quantitative estimate of drug-likeness (QED) is 0.909. The minimum atomic E-state index is -0.270. The van der Waals surface area contributed by atoms with E-state index in [-0.39, 0.29) is 17.7 Å². The van der Waals surface area contributed by atoms with E-state index in [1.54, 1.807) is 18.5 Å². The lowest BCUT2D eigenvalue weighted by Gasteiger charge is -2.21. The molecule has 0 aromatic carbocycles. The predicted molar refractivity (Wildman–Crippen MR) is 81.6 cm³/mol. The first-order valence-corrected chi connectivity index (χ1v) is 7.92. The highest BCUT2D eigenvalue weighted by atomic mass is 16.5. The second-order valence-corrected chi connectivity index (χ2v) is 5.52. The van der Waals surface area contributed by atoms with Crippen LogP contribution in [0.2, 0.25) is 0 Å². The van der Waals surface area contributed by atoms with Crippen LogP contribution in [-0.2, 0) is 17.7 Å². The SMILES string of the molecule is CCc1cc(C(=O)NCc2cnc([C@H]3CCCCO3)nc2)no1. The van der Waals surface area contributed by atoms with E-state index < -0.39 is 0 Å². The molecule has 1 aliphatic rings. The normalized spacial score (nSPS) is 17.9. The van der Waals surface area contributed by atoms with E-state index in [0.29, 0.717) is 24.6 Å². The summed E-state index contributed by atoms with van der Waals surface area (Å²) < 4.78 is 10.7. The van der Waals surface area contributed by atoms with Crippen LogP contribution in [0.4, 0.5) is 0 Å². The van der Waals surface area contributed by atoms with Crippen LogP contribution in [0.15, 0.2) is 23.0 Å². The van der Waals surface area contributed by atoms with E-state index in [2.05, 4.69) is 20.4 Å². The van der Waals surface area contributed by atoms with Gasteiger partial charge in [0.25, 0.3) is 5.91 Å². The summed E-state index contributed by atoms with van der Waals surface area (Å²) in [4.78, 5) is 20.7.